The van der Waals surface area contributed by atoms with Crippen molar-refractivity contribution < 1.29 is 9.59 Å². The Hall–Kier alpha value is -3.04. The number of rotatable bonds is 3. The maximum absolute atomic E-state index is 11.9. The predicted molar refractivity (Wildman–Crippen MR) is 126 cm³/mol. The van der Waals surface area contributed by atoms with Crippen molar-refractivity contribution in [2.45, 2.75) is 52.4 Å². The van der Waals surface area contributed by atoms with Crippen molar-refractivity contribution in [1.29, 1.82) is 5.26 Å². The summed E-state index contributed by atoms with van der Waals surface area (Å²) in [6.45, 7) is 8.18. The Morgan fingerprint density at radius 2 is 1.69 bits per heavy atom. The van der Waals surface area contributed by atoms with Gasteiger partial charge in [0.15, 0.2) is 11.6 Å². The summed E-state index contributed by atoms with van der Waals surface area (Å²) in [5, 5.41) is 9.39. The van der Waals surface area contributed by atoms with Crippen LogP contribution in [0.25, 0.3) is 0 Å². The molecule has 2 aromatic heterocycles. The van der Waals surface area contributed by atoms with Gasteiger partial charge >= 0.3 is 0 Å². The molecule has 7 heteroatoms. The van der Waals surface area contributed by atoms with E-state index in [0.717, 1.165) is 54.7 Å². The summed E-state index contributed by atoms with van der Waals surface area (Å²) in [5.74, 6) is 0.204. The molecule has 166 valence electrons. The lowest BCUT2D eigenvalue weighted by Crippen LogP contribution is -2.23. The van der Waals surface area contributed by atoms with E-state index in [9.17, 15) is 9.59 Å². The van der Waals surface area contributed by atoms with Gasteiger partial charge in [0.1, 0.15) is 17.5 Å². The standard InChI is InChI=1S/C14H18N2O.C11H9ClN2O/c1-4-8-16(3)12-9-10(2)15-14-11(12)6-5-7-13(14)17;1-6-10(12)8(5-13)7-3-2-4-9(15)11(7)14-6/h4,9H,1,5-8H2,2-3H3;2-4H2,1H3. The molecule has 6 nitrogen and oxygen atoms in total. The van der Waals surface area contributed by atoms with E-state index in [1.54, 1.807) is 6.92 Å². The Morgan fingerprint density at radius 1 is 1.09 bits per heavy atom. The molecule has 0 bridgehead atoms. The maximum Gasteiger partial charge on any atom is 0.181 e. The highest BCUT2D eigenvalue weighted by molar-refractivity contribution is 6.32. The number of aryl methyl sites for hydroxylation is 2. The molecule has 2 aliphatic carbocycles. The van der Waals surface area contributed by atoms with Gasteiger partial charge in [-0.05, 0) is 45.6 Å². The summed E-state index contributed by atoms with van der Waals surface area (Å²) in [4.78, 5) is 34.2. The number of ketones is 2. The van der Waals surface area contributed by atoms with Gasteiger partial charge in [-0.3, -0.25) is 9.59 Å². The lowest BCUT2D eigenvalue weighted by Gasteiger charge is -2.25. The zero-order chi connectivity index (χ0) is 23.4. The topological polar surface area (TPSA) is 86.9 Å². The molecule has 0 aliphatic heterocycles. The van der Waals surface area contributed by atoms with Crippen LogP contribution >= 0.6 is 11.6 Å². The minimum atomic E-state index is 0.0208. The fourth-order valence-electron chi connectivity index (χ4n) is 4.19. The van der Waals surface area contributed by atoms with E-state index in [4.69, 9.17) is 16.9 Å². The molecule has 2 aromatic rings. The first kappa shape index (κ1) is 23.6. The number of hydrogen-bond acceptors (Lipinski definition) is 6. The van der Waals surface area contributed by atoms with Crippen molar-refractivity contribution in [3.8, 4) is 6.07 Å². The second kappa shape index (κ2) is 10.1. The van der Waals surface area contributed by atoms with Crippen molar-refractivity contribution in [2.24, 2.45) is 0 Å². The molecule has 0 saturated carbocycles. The van der Waals surface area contributed by atoms with Gasteiger partial charge in [0, 0.05) is 48.9 Å². The highest BCUT2D eigenvalue weighted by Crippen LogP contribution is 2.30. The van der Waals surface area contributed by atoms with Crippen LogP contribution in [-0.4, -0.2) is 35.1 Å². The number of halogens is 1. The second-order valence-electron chi connectivity index (χ2n) is 8.16. The van der Waals surface area contributed by atoms with Gasteiger partial charge in [-0.15, -0.1) is 6.58 Å². The molecule has 0 atom stereocenters. The minimum absolute atomic E-state index is 0.0208. The summed E-state index contributed by atoms with van der Waals surface area (Å²) in [6.07, 6.45) is 6.40. The van der Waals surface area contributed by atoms with E-state index >= 15 is 0 Å². The Balaban J connectivity index is 0.000000182. The number of nitrogens with zero attached hydrogens (tertiary/aromatic N) is 4. The smallest absolute Gasteiger partial charge is 0.181 e. The summed E-state index contributed by atoms with van der Waals surface area (Å²) in [6, 6.07) is 4.12. The average Bonchev–Trinajstić information content (AvgIpc) is 2.76. The van der Waals surface area contributed by atoms with E-state index in [-0.39, 0.29) is 11.6 Å². The van der Waals surface area contributed by atoms with Gasteiger partial charge in [0.05, 0.1) is 16.3 Å². The number of Topliss-reactive ketones (excluding diaryl/α,β-unsaturated/α-hetero) is 2. The van der Waals surface area contributed by atoms with Crippen molar-refractivity contribution >= 4 is 28.9 Å². The van der Waals surface area contributed by atoms with E-state index in [2.05, 4.69) is 33.6 Å². The molecule has 0 fully saturated rings. The highest BCUT2D eigenvalue weighted by atomic mass is 35.5. The molecule has 0 unspecified atom stereocenters. The Kier molecular flexibility index (Phi) is 7.42. The number of likely N-dealkylation sites (N-methyl/N-ethyl adjacent to an activating group) is 1. The van der Waals surface area contributed by atoms with Crippen molar-refractivity contribution in [3.63, 3.8) is 0 Å². The molecule has 4 rings (SSSR count). The second-order valence-corrected chi connectivity index (χ2v) is 8.54. The van der Waals surface area contributed by atoms with Gasteiger partial charge < -0.3 is 4.90 Å². The molecular formula is C25H27ClN4O2. The zero-order valence-electron chi connectivity index (χ0n) is 18.8. The van der Waals surface area contributed by atoms with Crippen LogP contribution in [0.3, 0.4) is 0 Å². The summed E-state index contributed by atoms with van der Waals surface area (Å²) in [5.41, 5.74) is 5.97. The normalized spacial score (nSPS) is 14.5. The fourth-order valence-corrected chi connectivity index (χ4v) is 4.39. The van der Waals surface area contributed by atoms with E-state index < -0.39 is 0 Å². The SMILES string of the molecule is C=CCN(C)c1cc(C)nc2c1CCCC2=O.Cc1nc2c(c(C#N)c1Cl)CCCC2=O. The van der Waals surface area contributed by atoms with Crippen LogP contribution in [0.1, 0.15) is 74.7 Å². The summed E-state index contributed by atoms with van der Waals surface area (Å²) in [7, 11) is 2.02. The van der Waals surface area contributed by atoms with Crippen LogP contribution in [0.15, 0.2) is 18.7 Å². The molecule has 32 heavy (non-hydrogen) atoms. The summed E-state index contributed by atoms with van der Waals surface area (Å²) < 4.78 is 0. The van der Waals surface area contributed by atoms with Crippen LogP contribution in [0.5, 0.6) is 0 Å². The number of anilines is 1. The van der Waals surface area contributed by atoms with Gasteiger partial charge in [-0.1, -0.05) is 17.7 Å². The number of carbonyl (C=O) groups excluding carboxylic acids is 2. The minimum Gasteiger partial charge on any atom is -0.371 e. The van der Waals surface area contributed by atoms with E-state index in [1.165, 1.54) is 0 Å². The van der Waals surface area contributed by atoms with Gasteiger partial charge in [0.25, 0.3) is 0 Å². The van der Waals surface area contributed by atoms with Crippen molar-refractivity contribution in [2.75, 3.05) is 18.5 Å². The van der Waals surface area contributed by atoms with Crippen LogP contribution < -0.4 is 4.90 Å². The first-order valence-electron chi connectivity index (χ1n) is 10.8. The van der Waals surface area contributed by atoms with Crippen LogP contribution in [0.4, 0.5) is 5.69 Å². The molecule has 0 N–H and O–H groups in total. The van der Waals surface area contributed by atoms with E-state index in [1.807, 2.05) is 20.0 Å². The lowest BCUT2D eigenvalue weighted by molar-refractivity contribution is 0.0959. The lowest BCUT2D eigenvalue weighted by atomic mass is 9.91. The van der Waals surface area contributed by atoms with Crippen molar-refractivity contribution in [3.05, 3.63) is 63.2 Å². The van der Waals surface area contributed by atoms with Crippen LogP contribution in [-0.2, 0) is 12.8 Å². The molecule has 0 saturated heterocycles. The number of fused-ring (bicyclic) bond motifs is 2. The Labute approximate surface area is 193 Å². The average molecular weight is 451 g/mol. The van der Waals surface area contributed by atoms with Crippen LogP contribution in [0, 0.1) is 25.2 Å². The molecule has 2 heterocycles. The number of hydrogen-bond donors (Lipinski definition) is 0. The monoisotopic (exact) mass is 450 g/mol. The highest BCUT2D eigenvalue weighted by Gasteiger charge is 2.25. The third kappa shape index (κ3) is 4.73. The molecule has 0 spiro atoms. The molecular weight excluding hydrogens is 424 g/mol. The van der Waals surface area contributed by atoms with Gasteiger partial charge in [0.2, 0.25) is 0 Å². The molecule has 0 aromatic carbocycles. The first-order chi connectivity index (χ1) is 15.3. The van der Waals surface area contributed by atoms with E-state index in [0.29, 0.717) is 40.5 Å². The summed E-state index contributed by atoms with van der Waals surface area (Å²) >= 11 is 5.98. The van der Waals surface area contributed by atoms with Crippen molar-refractivity contribution in [1.82, 2.24) is 9.97 Å². The molecule has 2 aliphatic rings. The van der Waals surface area contributed by atoms with Crippen LogP contribution in [0.2, 0.25) is 5.02 Å². The predicted octanol–water partition coefficient (Wildman–Crippen LogP) is 4.97. The first-order valence-corrected chi connectivity index (χ1v) is 11.1. The quantitative estimate of drug-likeness (QED) is 0.614. The fraction of sp³-hybridized carbons (Fsp3) is 0.400. The largest absolute Gasteiger partial charge is 0.371 e. The molecule has 0 amide bonds. The maximum atomic E-state index is 11.9. The van der Waals surface area contributed by atoms with Gasteiger partial charge in [-0.25, -0.2) is 9.97 Å². The Morgan fingerprint density at radius 3 is 2.28 bits per heavy atom. The number of pyridine rings is 2. The Bertz CT molecular complexity index is 1130. The van der Waals surface area contributed by atoms with Gasteiger partial charge in [-0.2, -0.15) is 5.26 Å². The molecule has 0 radical (unpaired) electrons. The third-order valence-corrected chi connectivity index (χ3v) is 6.21. The number of aromatic nitrogens is 2. The zero-order valence-corrected chi connectivity index (χ0v) is 19.6. The number of nitriles is 1. The number of carbonyl (C=O) groups is 2. The third-order valence-electron chi connectivity index (χ3n) is 5.75.